The number of ether oxygens (including phenoxy) is 1. The fourth-order valence-corrected chi connectivity index (χ4v) is 2.64. The molecule has 0 spiro atoms. The molecule has 0 radical (unpaired) electrons. The van der Waals surface area contributed by atoms with Gasteiger partial charge in [0.15, 0.2) is 5.58 Å². The molecule has 1 aliphatic heterocycles. The highest BCUT2D eigenvalue weighted by molar-refractivity contribution is 5.76. The highest BCUT2D eigenvalue weighted by atomic mass is 16.5. The van der Waals surface area contributed by atoms with Crippen LogP contribution in [0, 0.1) is 0 Å². The fraction of sp³-hybridized carbons (Fsp3) is 0.500. The second-order valence-electron chi connectivity index (χ2n) is 5.09. The Hall–Kier alpha value is -1.79. The van der Waals surface area contributed by atoms with Gasteiger partial charge in [0.1, 0.15) is 0 Å². The van der Waals surface area contributed by atoms with Gasteiger partial charge < -0.3 is 14.9 Å². The standard InChI is InChI=1S/C14H19N3O3/c1-2-16-5-6-19-11(8-16)9-17-12-4-3-10(15)7-13(12)20-14(17)18/h3-4,7,11H,2,5-6,8-9,15H2,1H3. The monoisotopic (exact) mass is 277 g/mol. The van der Waals surface area contributed by atoms with Gasteiger partial charge in [0.2, 0.25) is 0 Å². The van der Waals surface area contributed by atoms with Crippen LogP contribution in [0.25, 0.3) is 11.1 Å². The summed E-state index contributed by atoms with van der Waals surface area (Å²) in [7, 11) is 0. The zero-order valence-electron chi connectivity index (χ0n) is 11.5. The van der Waals surface area contributed by atoms with Crippen molar-refractivity contribution in [3.05, 3.63) is 28.7 Å². The predicted molar refractivity (Wildman–Crippen MR) is 76.7 cm³/mol. The van der Waals surface area contributed by atoms with E-state index in [0.29, 0.717) is 24.4 Å². The molecule has 20 heavy (non-hydrogen) atoms. The number of hydrogen-bond donors (Lipinski definition) is 1. The molecule has 0 saturated carbocycles. The topological polar surface area (TPSA) is 73.6 Å². The fourth-order valence-electron chi connectivity index (χ4n) is 2.64. The van der Waals surface area contributed by atoms with Crippen LogP contribution in [0.4, 0.5) is 5.69 Å². The highest BCUT2D eigenvalue weighted by Gasteiger charge is 2.21. The van der Waals surface area contributed by atoms with E-state index in [0.717, 1.165) is 25.2 Å². The quantitative estimate of drug-likeness (QED) is 0.844. The molecule has 1 atom stereocenters. The third-order valence-corrected chi connectivity index (χ3v) is 3.75. The van der Waals surface area contributed by atoms with E-state index >= 15 is 0 Å². The first-order valence-electron chi connectivity index (χ1n) is 6.90. The number of rotatable bonds is 3. The summed E-state index contributed by atoms with van der Waals surface area (Å²) in [6, 6.07) is 5.26. The predicted octanol–water partition coefficient (Wildman–Crippen LogP) is 0.897. The van der Waals surface area contributed by atoms with Crippen LogP contribution >= 0.6 is 0 Å². The van der Waals surface area contributed by atoms with Crippen LogP contribution in [0.1, 0.15) is 6.92 Å². The molecular weight excluding hydrogens is 258 g/mol. The van der Waals surface area contributed by atoms with Crippen LogP contribution in [0.5, 0.6) is 0 Å². The molecule has 3 rings (SSSR count). The van der Waals surface area contributed by atoms with Gasteiger partial charge in [-0.3, -0.25) is 9.47 Å². The minimum atomic E-state index is -0.358. The van der Waals surface area contributed by atoms with Gasteiger partial charge in [0, 0.05) is 24.8 Å². The lowest BCUT2D eigenvalue weighted by molar-refractivity contribution is -0.0345. The molecule has 2 heterocycles. The van der Waals surface area contributed by atoms with E-state index in [9.17, 15) is 4.79 Å². The molecule has 2 aromatic rings. The summed E-state index contributed by atoms with van der Waals surface area (Å²) in [5.74, 6) is -0.358. The molecule has 6 nitrogen and oxygen atoms in total. The second kappa shape index (κ2) is 5.30. The molecule has 1 saturated heterocycles. The van der Waals surface area contributed by atoms with E-state index in [1.165, 1.54) is 0 Å². The van der Waals surface area contributed by atoms with Crippen molar-refractivity contribution >= 4 is 16.8 Å². The Morgan fingerprint density at radius 2 is 2.30 bits per heavy atom. The number of hydrogen-bond acceptors (Lipinski definition) is 5. The highest BCUT2D eigenvalue weighted by Crippen LogP contribution is 2.17. The number of nitrogens with zero attached hydrogens (tertiary/aromatic N) is 2. The number of morpholine rings is 1. The Morgan fingerprint density at radius 1 is 1.45 bits per heavy atom. The van der Waals surface area contributed by atoms with Crippen LogP contribution in [0.3, 0.4) is 0 Å². The zero-order valence-corrected chi connectivity index (χ0v) is 11.5. The summed E-state index contributed by atoms with van der Waals surface area (Å²) in [4.78, 5) is 14.3. The third-order valence-electron chi connectivity index (χ3n) is 3.75. The van der Waals surface area contributed by atoms with Gasteiger partial charge in [0.05, 0.1) is 24.8 Å². The average Bonchev–Trinajstić information content (AvgIpc) is 2.74. The first kappa shape index (κ1) is 13.2. The average molecular weight is 277 g/mol. The lowest BCUT2D eigenvalue weighted by atomic mass is 10.2. The van der Waals surface area contributed by atoms with Crippen LogP contribution in [-0.4, -0.2) is 41.8 Å². The first-order chi connectivity index (χ1) is 9.67. The number of nitrogen functional groups attached to an aromatic ring is 1. The second-order valence-corrected chi connectivity index (χ2v) is 5.09. The SMILES string of the molecule is CCN1CCOC(Cn2c(=O)oc3cc(N)ccc32)C1. The normalized spacial score (nSPS) is 20.6. The molecule has 0 amide bonds. The number of nitrogens with two attached hydrogens (primary N) is 1. The van der Waals surface area contributed by atoms with Gasteiger partial charge in [-0.1, -0.05) is 6.92 Å². The molecular formula is C14H19N3O3. The Bertz CT molecular complexity index is 661. The van der Waals surface area contributed by atoms with Gasteiger partial charge in [-0.05, 0) is 18.7 Å². The molecule has 2 N–H and O–H groups in total. The van der Waals surface area contributed by atoms with Gasteiger partial charge in [0.25, 0.3) is 0 Å². The van der Waals surface area contributed by atoms with Crippen molar-refractivity contribution in [2.45, 2.75) is 19.6 Å². The Balaban J connectivity index is 1.87. The Labute approximate surface area is 116 Å². The summed E-state index contributed by atoms with van der Waals surface area (Å²) in [5.41, 5.74) is 7.58. The Morgan fingerprint density at radius 3 is 3.10 bits per heavy atom. The van der Waals surface area contributed by atoms with Crippen molar-refractivity contribution in [3.63, 3.8) is 0 Å². The molecule has 1 aliphatic rings. The smallest absolute Gasteiger partial charge is 0.408 e. The van der Waals surface area contributed by atoms with E-state index in [1.807, 2.05) is 6.07 Å². The summed E-state index contributed by atoms with van der Waals surface area (Å²) in [6.45, 7) is 6.12. The maximum atomic E-state index is 12.0. The number of benzene rings is 1. The minimum absolute atomic E-state index is 0.0137. The van der Waals surface area contributed by atoms with Crippen molar-refractivity contribution in [1.29, 1.82) is 0 Å². The number of aromatic nitrogens is 1. The van der Waals surface area contributed by atoms with E-state index in [-0.39, 0.29) is 11.9 Å². The minimum Gasteiger partial charge on any atom is -0.408 e. The van der Waals surface area contributed by atoms with Crippen LogP contribution in [0.2, 0.25) is 0 Å². The summed E-state index contributed by atoms with van der Waals surface area (Å²) < 4.78 is 12.6. The van der Waals surface area contributed by atoms with Crippen molar-refractivity contribution < 1.29 is 9.15 Å². The van der Waals surface area contributed by atoms with Crippen molar-refractivity contribution in [1.82, 2.24) is 9.47 Å². The van der Waals surface area contributed by atoms with Crippen molar-refractivity contribution in [2.75, 3.05) is 32.0 Å². The zero-order chi connectivity index (χ0) is 14.1. The summed E-state index contributed by atoms with van der Waals surface area (Å²) in [5, 5.41) is 0. The van der Waals surface area contributed by atoms with Crippen LogP contribution < -0.4 is 11.5 Å². The summed E-state index contributed by atoms with van der Waals surface area (Å²) >= 11 is 0. The molecule has 1 fully saturated rings. The van der Waals surface area contributed by atoms with Gasteiger partial charge in [-0.25, -0.2) is 4.79 Å². The largest absolute Gasteiger partial charge is 0.420 e. The van der Waals surface area contributed by atoms with Crippen molar-refractivity contribution in [3.8, 4) is 0 Å². The van der Waals surface area contributed by atoms with Crippen molar-refractivity contribution in [2.24, 2.45) is 0 Å². The first-order valence-corrected chi connectivity index (χ1v) is 6.90. The van der Waals surface area contributed by atoms with E-state index in [1.54, 1.807) is 16.7 Å². The molecule has 108 valence electrons. The van der Waals surface area contributed by atoms with Gasteiger partial charge in [-0.2, -0.15) is 0 Å². The van der Waals surface area contributed by atoms with Gasteiger partial charge >= 0.3 is 5.76 Å². The molecule has 0 aliphatic carbocycles. The van der Waals surface area contributed by atoms with E-state index < -0.39 is 0 Å². The molecule has 1 aromatic heterocycles. The van der Waals surface area contributed by atoms with Crippen LogP contribution in [0.15, 0.2) is 27.4 Å². The Kier molecular flexibility index (Phi) is 3.50. The number of anilines is 1. The van der Waals surface area contributed by atoms with E-state index in [2.05, 4.69) is 11.8 Å². The van der Waals surface area contributed by atoms with Gasteiger partial charge in [-0.15, -0.1) is 0 Å². The molecule has 0 bridgehead atoms. The third kappa shape index (κ3) is 2.44. The maximum absolute atomic E-state index is 12.0. The lowest BCUT2D eigenvalue weighted by Crippen LogP contribution is -2.44. The molecule has 1 aromatic carbocycles. The van der Waals surface area contributed by atoms with E-state index in [4.69, 9.17) is 14.9 Å². The number of fused-ring (bicyclic) bond motifs is 1. The summed E-state index contributed by atoms with van der Waals surface area (Å²) in [6.07, 6.45) is 0.0137. The number of likely N-dealkylation sites (N-methyl/N-ethyl adjacent to an activating group) is 1. The van der Waals surface area contributed by atoms with Crippen LogP contribution in [-0.2, 0) is 11.3 Å². The molecule has 1 unspecified atom stereocenters. The maximum Gasteiger partial charge on any atom is 0.420 e. The lowest BCUT2D eigenvalue weighted by Gasteiger charge is -2.32. The molecule has 6 heteroatoms. The number of oxazole rings is 1.